The van der Waals surface area contributed by atoms with Crippen molar-refractivity contribution in [2.24, 2.45) is 5.41 Å². The van der Waals surface area contributed by atoms with Gasteiger partial charge in [-0.1, -0.05) is 42.8 Å². The first-order chi connectivity index (χ1) is 9.66. The lowest BCUT2D eigenvalue weighted by molar-refractivity contribution is -0.0858. The van der Waals surface area contributed by atoms with Gasteiger partial charge in [-0.25, -0.2) is 0 Å². The summed E-state index contributed by atoms with van der Waals surface area (Å²) in [6.07, 6.45) is 4.99. The van der Waals surface area contributed by atoms with Crippen molar-refractivity contribution in [1.82, 2.24) is 5.32 Å². The number of nitrogens with one attached hydrogen (secondary N) is 1. The molecule has 0 amide bonds. The fourth-order valence-corrected chi connectivity index (χ4v) is 3.80. The molecular weight excluding hydrogens is 314 g/mol. The smallest absolute Gasteiger partial charge is 0.120 e. The van der Waals surface area contributed by atoms with E-state index in [2.05, 4.69) is 48.1 Å². The van der Waals surface area contributed by atoms with Gasteiger partial charge in [-0.15, -0.1) is 0 Å². The summed E-state index contributed by atoms with van der Waals surface area (Å²) in [4.78, 5) is 0. The molecule has 0 aromatic heterocycles. The average molecular weight is 340 g/mol. The Balaban J connectivity index is 2.05. The molecule has 1 saturated carbocycles. The molecule has 3 heteroatoms. The zero-order valence-electron chi connectivity index (χ0n) is 12.8. The molecule has 0 heterocycles. The number of ether oxygens (including phenoxy) is 1. The Hall–Kier alpha value is -0.540. The predicted octanol–water partition coefficient (Wildman–Crippen LogP) is 4.77. The van der Waals surface area contributed by atoms with E-state index in [4.69, 9.17) is 4.74 Å². The molecule has 0 saturated heterocycles. The van der Waals surface area contributed by atoms with Gasteiger partial charge in [0, 0.05) is 22.4 Å². The predicted molar refractivity (Wildman–Crippen MR) is 88.3 cm³/mol. The van der Waals surface area contributed by atoms with E-state index in [-0.39, 0.29) is 5.41 Å². The van der Waals surface area contributed by atoms with E-state index in [1.54, 1.807) is 0 Å². The maximum Gasteiger partial charge on any atom is 0.120 e. The maximum atomic E-state index is 6.27. The molecule has 1 aromatic rings. The largest absolute Gasteiger partial charge is 0.490 e. The first-order valence-corrected chi connectivity index (χ1v) is 8.61. The van der Waals surface area contributed by atoms with Crippen LogP contribution >= 0.6 is 15.9 Å². The van der Waals surface area contributed by atoms with E-state index in [0.29, 0.717) is 12.1 Å². The van der Waals surface area contributed by atoms with Crippen LogP contribution in [0, 0.1) is 5.41 Å². The average Bonchev–Trinajstić information content (AvgIpc) is 2.43. The highest BCUT2D eigenvalue weighted by molar-refractivity contribution is 9.10. The van der Waals surface area contributed by atoms with Crippen LogP contribution in [-0.4, -0.2) is 18.7 Å². The molecule has 0 aliphatic heterocycles. The van der Waals surface area contributed by atoms with Gasteiger partial charge in [0.05, 0.1) is 0 Å². The number of rotatable bonds is 7. The molecule has 1 aromatic carbocycles. The summed E-state index contributed by atoms with van der Waals surface area (Å²) in [5.41, 5.74) is 0.289. The number of benzene rings is 1. The third-order valence-corrected chi connectivity index (χ3v) is 5.31. The molecule has 0 bridgehead atoms. The van der Waals surface area contributed by atoms with Crippen molar-refractivity contribution in [3.8, 4) is 5.75 Å². The van der Waals surface area contributed by atoms with E-state index in [1.807, 2.05) is 18.2 Å². The lowest BCUT2D eigenvalue weighted by atomic mass is 9.58. The molecule has 112 valence electrons. The Kier molecular flexibility index (Phi) is 5.50. The summed E-state index contributed by atoms with van der Waals surface area (Å²) in [5, 5.41) is 3.70. The van der Waals surface area contributed by atoms with Crippen LogP contribution in [0.25, 0.3) is 0 Å². The van der Waals surface area contributed by atoms with Gasteiger partial charge in [-0.3, -0.25) is 0 Å². The molecule has 2 unspecified atom stereocenters. The van der Waals surface area contributed by atoms with Gasteiger partial charge in [0.1, 0.15) is 11.9 Å². The summed E-state index contributed by atoms with van der Waals surface area (Å²) in [6, 6.07) is 8.78. The van der Waals surface area contributed by atoms with Crippen LogP contribution < -0.4 is 10.1 Å². The molecule has 1 aliphatic rings. The van der Waals surface area contributed by atoms with Crippen LogP contribution in [0.2, 0.25) is 0 Å². The van der Waals surface area contributed by atoms with E-state index in [9.17, 15) is 0 Å². The summed E-state index contributed by atoms with van der Waals surface area (Å²) in [6.45, 7) is 7.91. The second-order valence-electron chi connectivity index (χ2n) is 5.75. The van der Waals surface area contributed by atoms with Gasteiger partial charge in [0.2, 0.25) is 0 Å². The Morgan fingerprint density at radius 2 is 2.05 bits per heavy atom. The monoisotopic (exact) mass is 339 g/mol. The Labute approximate surface area is 131 Å². The molecule has 2 nitrogen and oxygen atoms in total. The fraction of sp³-hybridized carbons (Fsp3) is 0.647. The Morgan fingerprint density at radius 1 is 1.30 bits per heavy atom. The zero-order chi connectivity index (χ0) is 14.6. The molecule has 2 rings (SSSR count). The zero-order valence-corrected chi connectivity index (χ0v) is 14.4. The van der Waals surface area contributed by atoms with Gasteiger partial charge >= 0.3 is 0 Å². The van der Waals surface area contributed by atoms with Crippen molar-refractivity contribution in [3.63, 3.8) is 0 Å². The molecule has 20 heavy (non-hydrogen) atoms. The fourth-order valence-electron chi connectivity index (χ4n) is 3.42. The van der Waals surface area contributed by atoms with Gasteiger partial charge in [0.25, 0.3) is 0 Å². The number of hydrogen-bond acceptors (Lipinski definition) is 2. The maximum absolute atomic E-state index is 6.27. The molecule has 1 fully saturated rings. The quantitative estimate of drug-likeness (QED) is 0.772. The van der Waals surface area contributed by atoms with Crippen molar-refractivity contribution in [2.75, 3.05) is 6.54 Å². The minimum atomic E-state index is 0.289. The second-order valence-corrected chi connectivity index (χ2v) is 6.66. The first kappa shape index (κ1) is 15.8. The normalized spacial score (nSPS) is 24.2. The second kappa shape index (κ2) is 6.95. The summed E-state index contributed by atoms with van der Waals surface area (Å²) >= 11 is 3.51. The summed E-state index contributed by atoms with van der Waals surface area (Å²) in [5.74, 6) is 0.976. The number of hydrogen-bond donors (Lipinski definition) is 1. The highest BCUT2D eigenvalue weighted by atomic mass is 79.9. The highest BCUT2D eigenvalue weighted by Gasteiger charge is 2.53. The molecule has 0 spiro atoms. The molecule has 2 atom stereocenters. The van der Waals surface area contributed by atoms with E-state index in [1.165, 1.54) is 19.3 Å². The first-order valence-electron chi connectivity index (χ1n) is 7.81. The minimum Gasteiger partial charge on any atom is -0.490 e. The molecule has 0 radical (unpaired) electrons. The third kappa shape index (κ3) is 3.04. The van der Waals surface area contributed by atoms with Gasteiger partial charge < -0.3 is 10.1 Å². The van der Waals surface area contributed by atoms with Crippen molar-refractivity contribution in [1.29, 1.82) is 0 Å². The van der Waals surface area contributed by atoms with Crippen molar-refractivity contribution in [3.05, 3.63) is 28.7 Å². The van der Waals surface area contributed by atoms with Crippen LogP contribution in [0.5, 0.6) is 5.75 Å². The van der Waals surface area contributed by atoms with E-state index in [0.717, 1.165) is 23.2 Å². The third-order valence-electron chi connectivity index (χ3n) is 4.82. The Morgan fingerprint density at radius 3 is 2.65 bits per heavy atom. The van der Waals surface area contributed by atoms with Gasteiger partial charge in [0.15, 0.2) is 0 Å². The van der Waals surface area contributed by atoms with Crippen molar-refractivity contribution < 1.29 is 4.74 Å². The molecule has 1 aliphatic carbocycles. The summed E-state index contributed by atoms with van der Waals surface area (Å²) in [7, 11) is 0. The van der Waals surface area contributed by atoms with Crippen LogP contribution in [0.1, 0.15) is 46.5 Å². The SMILES string of the molecule is CCCNC1CC(Oc2cccc(Br)c2)C1(CC)CC. The topological polar surface area (TPSA) is 21.3 Å². The van der Waals surface area contributed by atoms with Crippen LogP contribution in [0.3, 0.4) is 0 Å². The van der Waals surface area contributed by atoms with Gasteiger partial charge in [-0.2, -0.15) is 0 Å². The molecular formula is C17H26BrNO. The van der Waals surface area contributed by atoms with Crippen LogP contribution in [0.15, 0.2) is 28.7 Å². The van der Waals surface area contributed by atoms with Crippen molar-refractivity contribution in [2.45, 2.75) is 58.6 Å². The standard InChI is InChI=1S/C17H26BrNO/c1-4-10-19-15-12-16(17(15,5-2)6-3)20-14-9-7-8-13(18)11-14/h7-9,11,15-16,19H,4-6,10,12H2,1-3H3. The van der Waals surface area contributed by atoms with Crippen LogP contribution in [-0.2, 0) is 0 Å². The minimum absolute atomic E-state index is 0.289. The summed E-state index contributed by atoms with van der Waals surface area (Å²) < 4.78 is 7.35. The van der Waals surface area contributed by atoms with E-state index >= 15 is 0 Å². The van der Waals surface area contributed by atoms with Crippen molar-refractivity contribution >= 4 is 15.9 Å². The van der Waals surface area contributed by atoms with Crippen LogP contribution in [0.4, 0.5) is 0 Å². The van der Waals surface area contributed by atoms with E-state index < -0.39 is 0 Å². The van der Waals surface area contributed by atoms with Gasteiger partial charge in [-0.05, 0) is 44.0 Å². The lowest BCUT2D eigenvalue weighted by Crippen LogP contribution is -2.64. The highest BCUT2D eigenvalue weighted by Crippen LogP contribution is 2.49. The number of halogens is 1. The molecule has 1 N–H and O–H groups in total. The Bertz CT molecular complexity index is 431. The lowest BCUT2D eigenvalue weighted by Gasteiger charge is -2.55.